The Bertz CT molecular complexity index is 117. The molecule has 0 atom stereocenters. The van der Waals surface area contributed by atoms with Gasteiger partial charge in [0.05, 0.1) is 34.1 Å². The first-order valence-corrected chi connectivity index (χ1v) is 3.34. The van der Waals surface area contributed by atoms with Gasteiger partial charge >= 0.3 is 0 Å². The third-order valence-electron chi connectivity index (χ3n) is 1.17. The van der Waals surface area contributed by atoms with Crippen LogP contribution in [0, 0.1) is 10.1 Å². The minimum atomic E-state index is -0.268. The van der Waals surface area contributed by atoms with Gasteiger partial charge in [-0.2, -0.15) is 0 Å². The Kier molecular flexibility index (Phi) is 3.28. The quantitative estimate of drug-likeness (QED) is 0.327. The van der Waals surface area contributed by atoms with Crippen molar-refractivity contribution in [3.63, 3.8) is 0 Å². The summed E-state index contributed by atoms with van der Waals surface area (Å²) in [6.45, 7) is 0.955. The van der Waals surface area contributed by atoms with Crippen molar-refractivity contribution in [2.45, 2.75) is 6.42 Å². The molecular weight excluding hydrogens is 132 g/mol. The Balaban J connectivity index is 3.29. The number of nitro groups is 1. The lowest BCUT2D eigenvalue weighted by molar-refractivity contribution is -0.871. The van der Waals surface area contributed by atoms with Gasteiger partial charge in [-0.3, -0.25) is 10.1 Å². The molecule has 0 aliphatic carbocycles. The maximum atomic E-state index is 9.88. The average Bonchev–Trinajstić information content (AvgIpc) is 1.59. The van der Waals surface area contributed by atoms with Crippen molar-refractivity contribution in [2.75, 3.05) is 34.2 Å². The summed E-state index contributed by atoms with van der Waals surface area (Å²) in [7, 11) is 6.08. The maximum absolute atomic E-state index is 9.88. The molecule has 0 aromatic heterocycles. The molecule has 0 unspecified atom stereocenters. The zero-order valence-corrected chi connectivity index (χ0v) is 6.83. The van der Waals surface area contributed by atoms with E-state index in [1.165, 1.54) is 0 Å². The lowest BCUT2D eigenvalue weighted by Gasteiger charge is -2.22. The molecule has 0 saturated heterocycles. The van der Waals surface area contributed by atoms with Crippen LogP contribution in [0.15, 0.2) is 0 Å². The molecule has 0 aromatic rings. The van der Waals surface area contributed by atoms with Crippen molar-refractivity contribution >= 4 is 0 Å². The van der Waals surface area contributed by atoms with Crippen LogP contribution in [0.3, 0.4) is 0 Å². The van der Waals surface area contributed by atoms with Crippen LogP contribution in [0.2, 0.25) is 0 Å². The largest absolute Gasteiger partial charge is 0.331 e. The molecule has 60 valence electrons. The number of rotatable bonds is 4. The van der Waals surface area contributed by atoms with Crippen LogP contribution >= 0.6 is 0 Å². The molecule has 0 N–H and O–H groups in total. The minimum Gasteiger partial charge on any atom is -0.331 e. The van der Waals surface area contributed by atoms with Gasteiger partial charge in [0.25, 0.3) is 0 Å². The van der Waals surface area contributed by atoms with Crippen molar-refractivity contribution in [1.29, 1.82) is 0 Å². The van der Waals surface area contributed by atoms with E-state index in [2.05, 4.69) is 0 Å². The van der Waals surface area contributed by atoms with Crippen LogP contribution in [-0.2, 0) is 0 Å². The van der Waals surface area contributed by atoms with E-state index in [0.717, 1.165) is 11.0 Å². The van der Waals surface area contributed by atoms with Gasteiger partial charge < -0.3 is 4.48 Å². The molecule has 0 spiro atoms. The lowest BCUT2D eigenvalue weighted by Crippen LogP contribution is -2.36. The Morgan fingerprint density at radius 3 is 2.20 bits per heavy atom. The third-order valence-corrected chi connectivity index (χ3v) is 1.17. The summed E-state index contributed by atoms with van der Waals surface area (Å²) in [6, 6.07) is 0. The molecule has 0 fully saturated rings. The summed E-state index contributed by atoms with van der Waals surface area (Å²) in [5.41, 5.74) is 0. The molecule has 0 amide bonds. The molecule has 0 rings (SSSR count). The predicted octanol–water partition coefficient (Wildman–Crippen LogP) is 0.359. The second kappa shape index (κ2) is 3.51. The van der Waals surface area contributed by atoms with E-state index in [-0.39, 0.29) is 11.5 Å². The molecule has 0 bridgehead atoms. The van der Waals surface area contributed by atoms with Gasteiger partial charge in [-0.25, -0.2) is 0 Å². The summed E-state index contributed by atoms with van der Waals surface area (Å²) >= 11 is 0. The predicted molar refractivity (Wildman–Crippen MR) is 39.4 cm³/mol. The average molecular weight is 147 g/mol. The van der Waals surface area contributed by atoms with Gasteiger partial charge in [-0.1, -0.05) is 0 Å². The van der Waals surface area contributed by atoms with Crippen LogP contribution in [0.1, 0.15) is 6.42 Å². The van der Waals surface area contributed by atoms with E-state index < -0.39 is 0 Å². The monoisotopic (exact) mass is 147 g/mol. The molecule has 0 saturated carbocycles. The highest BCUT2D eigenvalue weighted by atomic mass is 16.6. The molecular formula is C6H15N2O2+. The topological polar surface area (TPSA) is 43.1 Å². The van der Waals surface area contributed by atoms with Crippen molar-refractivity contribution < 1.29 is 9.41 Å². The molecule has 0 aliphatic rings. The highest BCUT2D eigenvalue weighted by Gasteiger charge is 2.08. The van der Waals surface area contributed by atoms with Gasteiger partial charge in [-0.15, -0.1) is 0 Å². The first-order valence-electron chi connectivity index (χ1n) is 3.34. The Hall–Kier alpha value is -0.640. The fraction of sp³-hybridized carbons (Fsp3) is 1.00. The number of quaternary nitrogens is 1. The van der Waals surface area contributed by atoms with Gasteiger partial charge in [0.2, 0.25) is 6.54 Å². The maximum Gasteiger partial charge on any atom is 0.209 e. The van der Waals surface area contributed by atoms with E-state index in [1.54, 1.807) is 0 Å². The highest BCUT2D eigenvalue weighted by molar-refractivity contribution is 4.31. The van der Waals surface area contributed by atoms with Crippen molar-refractivity contribution in [3.8, 4) is 0 Å². The smallest absolute Gasteiger partial charge is 0.209 e. The lowest BCUT2D eigenvalue weighted by atomic mass is 10.4. The SMILES string of the molecule is C[N+](C)(C)CCC[N+](=O)[O-]. The van der Waals surface area contributed by atoms with Gasteiger partial charge in [-0.05, 0) is 0 Å². The highest BCUT2D eigenvalue weighted by Crippen LogP contribution is 1.92. The van der Waals surface area contributed by atoms with Crippen molar-refractivity contribution in [2.24, 2.45) is 0 Å². The minimum absolute atomic E-state index is 0.0928. The van der Waals surface area contributed by atoms with E-state index >= 15 is 0 Å². The van der Waals surface area contributed by atoms with Crippen LogP contribution in [-0.4, -0.2) is 43.6 Å². The standard InChI is InChI=1S/C6H15N2O2/c1-8(2,3)6-4-5-7(9)10/h4-6H2,1-3H3/q+1. The second-order valence-corrected chi connectivity index (χ2v) is 3.42. The van der Waals surface area contributed by atoms with Crippen LogP contribution in [0.4, 0.5) is 0 Å². The summed E-state index contributed by atoms with van der Waals surface area (Å²) in [5.74, 6) is 0. The first-order chi connectivity index (χ1) is 4.42. The van der Waals surface area contributed by atoms with E-state index in [9.17, 15) is 10.1 Å². The fourth-order valence-corrected chi connectivity index (χ4v) is 0.674. The normalized spacial score (nSPS) is 11.5. The molecule has 0 radical (unpaired) electrons. The summed E-state index contributed by atoms with van der Waals surface area (Å²) in [6.07, 6.45) is 0.663. The van der Waals surface area contributed by atoms with Gasteiger partial charge in [0.1, 0.15) is 0 Å². The molecule has 0 aliphatic heterocycles. The molecule has 10 heavy (non-hydrogen) atoms. The molecule has 4 heteroatoms. The zero-order valence-electron chi connectivity index (χ0n) is 6.83. The van der Waals surface area contributed by atoms with Crippen LogP contribution in [0.25, 0.3) is 0 Å². The number of hydrogen-bond donors (Lipinski definition) is 0. The Morgan fingerprint density at radius 2 is 1.90 bits per heavy atom. The fourth-order valence-electron chi connectivity index (χ4n) is 0.674. The van der Waals surface area contributed by atoms with Crippen molar-refractivity contribution in [1.82, 2.24) is 0 Å². The van der Waals surface area contributed by atoms with E-state index in [4.69, 9.17) is 0 Å². The Morgan fingerprint density at radius 1 is 1.40 bits per heavy atom. The van der Waals surface area contributed by atoms with Gasteiger partial charge in [0.15, 0.2) is 0 Å². The van der Waals surface area contributed by atoms with E-state index in [1.807, 2.05) is 21.1 Å². The second-order valence-electron chi connectivity index (χ2n) is 3.42. The molecule has 0 heterocycles. The zero-order chi connectivity index (χ0) is 8.20. The number of nitrogens with zero attached hydrogens (tertiary/aromatic N) is 2. The third kappa shape index (κ3) is 7.36. The van der Waals surface area contributed by atoms with Crippen LogP contribution in [0.5, 0.6) is 0 Å². The molecule has 0 aromatic carbocycles. The summed E-state index contributed by atoms with van der Waals surface area (Å²) < 4.78 is 0.799. The van der Waals surface area contributed by atoms with Crippen molar-refractivity contribution in [3.05, 3.63) is 10.1 Å². The van der Waals surface area contributed by atoms with Gasteiger partial charge in [0, 0.05) is 4.92 Å². The molecule has 4 nitrogen and oxygen atoms in total. The summed E-state index contributed by atoms with van der Waals surface area (Å²) in [5, 5.41) is 9.88. The first kappa shape index (κ1) is 9.36. The van der Waals surface area contributed by atoms with Crippen LogP contribution < -0.4 is 0 Å². The number of hydrogen-bond acceptors (Lipinski definition) is 2. The van der Waals surface area contributed by atoms with E-state index in [0.29, 0.717) is 6.42 Å². The summed E-state index contributed by atoms with van der Waals surface area (Å²) in [4.78, 5) is 9.62. The Labute approximate surface area is 61.2 Å².